The average Bonchev–Trinajstić information content (AvgIpc) is 2.88. The van der Waals surface area contributed by atoms with Crippen LogP contribution in [-0.4, -0.2) is 48.8 Å². The van der Waals surface area contributed by atoms with Gasteiger partial charge in [0.05, 0.1) is 6.20 Å². The van der Waals surface area contributed by atoms with E-state index >= 15 is 0 Å². The van der Waals surface area contributed by atoms with Crippen LogP contribution in [0, 0.1) is 0 Å². The largest absolute Gasteiger partial charge is 0.301 e. The van der Waals surface area contributed by atoms with Gasteiger partial charge in [0.25, 0.3) is 0 Å². The number of nitrogens with one attached hydrogen (secondary N) is 1. The first-order chi connectivity index (χ1) is 9.99. The molecule has 0 amide bonds. The summed E-state index contributed by atoms with van der Waals surface area (Å²) in [6, 6.07) is 0.672. The number of unbranched alkanes of at least 4 members (excludes halogenated alkanes) is 1. The van der Waals surface area contributed by atoms with Crippen molar-refractivity contribution in [2.45, 2.75) is 50.0 Å². The third-order valence-corrected chi connectivity index (χ3v) is 5.51. The lowest BCUT2D eigenvalue weighted by molar-refractivity contribution is 0.158. The number of aromatic nitrogens is 2. The zero-order valence-corrected chi connectivity index (χ0v) is 13.8. The second-order valence-electron chi connectivity index (χ2n) is 5.84. The number of piperidine rings is 1. The molecule has 1 saturated heterocycles. The summed E-state index contributed by atoms with van der Waals surface area (Å²) in [5, 5.41) is 3.89. The summed E-state index contributed by atoms with van der Waals surface area (Å²) < 4.78 is 28.1. The van der Waals surface area contributed by atoms with Crippen molar-refractivity contribution in [1.82, 2.24) is 19.4 Å². The third-order valence-electron chi connectivity index (χ3n) is 4.10. The topological polar surface area (TPSA) is 67.2 Å². The maximum absolute atomic E-state index is 12.0. The van der Waals surface area contributed by atoms with E-state index < -0.39 is 10.0 Å². The van der Waals surface area contributed by atoms with Gasteiger partial charge in [-0.2, -0.15) is 5.10 Å². The van der Waals surface area contributed by atoms with E-state index in [2.05, 4.69) is 21.6 Å². The first kappa shape index (κ1) is 16.5. The summed E-state index contributed by atoms with van der Waals surface area (Å²) in [7, 11) is -1.70. The number of hydrogen-bond donors (Lipinski definition) is 1. The highest BCUT2D eigenvalue weighted by molar-refractivity contribution is 7.89. The van der Waals surface area contributed by atoms with Crippen LogP contribution in [0.4, 0.5) is 0 Å². The maximum Gasteiger partial charge on any atom is 0.243 e. The molecular weight excluding hydrogens is 288 g/mol. The van der Waals surface area contributed by atoms with Crippen LogP contribution in [0.5, 0.6) is 0 Å². The Balaban J connectivity index is 1.67. The lowest BCUT2D eigenvalue weighted by Crippen LogP contribution is -2.38. The number of nitrogens with zero attached hydrogens (tertiary/aromatic N) is 3. The van der Waals surface area contributed by atoms with Crippen LogP contribution in [0.3, 0.4) is 0 Å². The second kappa shape index (κ2) is 7.38. The minimum atomic E-state index is -3.40. The molecule has 0 aromatic carbocycles. The fourth-order valence-electron chi connectivity index (χ4n) is 2.76. The van der Waals surface area contributed by atoms with Gasteiger partial charge in [-0.15, -0.1) is 0 Å². The second-order valence-corrected chi connectivity index (χ2v) is 7.60. The molecule has 0 aliphatic carbocycles. The van der Waals surface area contributed by atoms with Crippen molar-refractivity contribution in [3.05, 3.63) is 12.4 Å². The monoisotopic (exact) mass is 314 g/mol. The van der Waals surface area contributed by atoms with Gasteiger partial charge in [-0.1, -0.05) is 6.42 Å². The van der Waals surface area contributed by atoms with Crippen molar-refractivity contribution in [3.8, 4) is 0 Å². The molecule has 1 aromatic rings. The SMILES string of the molecule is C[C@H]1CCCCN1CCCCNS(=O)(=O)c1cnn(C)c1. The predicted octanol–water partition coefficient (Wildman–Crippen LogP) is 1.35. The Morgan fingerprint density at radius 3 is 2.86 bits per heavy atom. The van der Waals surface area contributed by atoms with Crippen molar-refractivity contribution < 1.29 is 8.42 Å². The molecule has 2 rings (SSSR count). The van der Waals surface area contributed by atoms with Crippen molar-refractivity contribution in [2.75, 3.05) is 19.6 Å². The van der Waals surface area contributed by atoms with Crippen LogP contribution in [-0.2, 0) is 17.1 Å². The van der Waals surface area contributed by atoms with Gasteiger partial charge in [0, 0.05) is 25.8 Å². The Morgan fingerprint density at radius 2 is 2.19 bits per heavy atom. The zero-order chi connectivity index (χ0) is 15.3. The van der Waals surface area contributed by atoms with Gasteiger partial charge in [-0.25, -0.2) is 13.1 Å². The van der Waals surface area contributed by atoms with Crippen LogP contribution in [0.1, 0.15) is 39.0 Å². The van der Waals surface area contributed by atoms with Crippen LogP contribution >= 0.6 is 0 Å². The van der Waals surface area contributed by atoms with Crippen LogP contribution in [0.25, 0.3) is 0 Å². The third kappa shape index (κ3) is 4.79. The lowest BCUT2D eigenvalue weighted by Gasteiger charge is -2.33. The Hall–Kier alpha value is -0.920. The standard InChI is InChI=1S/C14H26N4O2S/c1-13-7-3-5-9-18(13)10-6-4-8-16-21(19,20)14-11-15-17(2)12-14/h11-13,16H,3-10H2,1-2H3/t13-/m0/s1. The first-order valence-corrected chi connectivity index (χ1v) is 9.20. The summed E-state index contributed by atoms with van der Waals surface area (Å²) in [6.45, 7) is 5.02. The molecule has 1 aromatic heterocycles. The van der Waals surface area contributed by atoms with Crippen molar-refractivity contribution >= 4 is 10.0 Å². The molecule has 1 aliphatic rings. The molecular formula is C14H26N4O2S. The molecule has 120 valence electrons. The number of aryl methyl sites for hydroxylation is 1. The van der Waals surface area contributed by atoms with E-state index in [-0.39, 0.29) is 4.90 Å². The van der Waals surface area contributed by atoms with Gasteiger partial charge >= 0.3 is 0 Å². The summed E-state index contributed by atoms with van der Waals surface area (Å²) in [5.74, 6) is 0. The van der Waals surface area contributed by atoms with E-state index in [0.717, 1.165) is 19.4 Å². The quantitative estimate of drug-likeness (QED) is 0.772. The minimum absolute atomic E-state index is 0.231. The Kier molecular flexibility index (Phi) is 5.78. The number of hydrogen-bond acceptors (Lipinski definition) is 4. The lowest BCUT2D eigenvalue weighted by atomic mass is 10.0. The molecule has 6 nitrogen and oxygen atoms in total. The fourth-order valence-corrected chi connectivity index (χ4v) is 3.81. The number of sulfonamides is 1. The summed E-state index contributed by atoms with van der Waals surface area (Å²) in [4.78, 5) is 2.74. The first-order valence-electron chi connectivity index (χ1n) is 7.71. The van der Waals surface area contributed by atoms with E-state index in [9.17, 15) is 8.42 Å². The molecule has 1 fully saturated rings. The summed E-state index contributed by atoms with van der Waals surface area (Å²) >= 11 is 0. The van der Waals surface area contributed by atoms with Gasteiger partial charge in [-0.05, 0) is 45.7 Å². The van der Waals surface area contributed by atoms with Crippen LogP contribution < -0.4 is 4.72 Å². The summed E-state index contributed by atoms with van der Waals surface area (Å²) in [5.41, 5.74) is 0. The fraction of sp³-hybridized carbons (Fsp3) is 0.786. The van der Waals surface area contributed by atoms with E-state index in [4.69, 9.17) is 0 Å². The van der Waals surface area contributed by atoms with E-state index in [0.29, 0.717) is 12.6 Å². The smallest absolute Gasteiger partial charge is 0.243 e. The molecule has 1 N–H and O–H groups in total. The highest BCUT2D eigenvalue weighted by Crippen LogP contribution is 2.16. The molecule has 1 atom stereocenters. The van der Waals surface area contributed by atoms with Gasteiger partial charge < -0.3 is 4.90 Å². The average molecular weight is 314 g/mol. The van der Waals surface area contributed by atoms with Gasteiger partial charge in [0.15, 0.2) is 0 Å². The van der Waals surface area contributed by atoms with Crippen molar-refractivity contribution in [1.29, 1.82) is 0 Å². The predicted molar refractivity (Wildman–Crippen MR) is 82.5 cm³/mol. The highest BCUT2D eigenvalue weighted by Gasteiger charge is 2.18. The molecule has 2 heterocycles. The summed E-state index contributed by atoms with van der Waals surface area (Å²) in [6.07, 6.45) is 8.69. The Labute approximate surface area is 127 Å². The van der Waals surface area contributed by atoms with Crippen LogP contribution in [0.2, 0.25) is 0 Å². The Morgan fingerprint density at radius 1 is 1.38 bits per heavy atom. The molecule has 0 spiro atoms. The molecule has 0 unspecified atom stereocenters. The molecule has 1 aliphatic heterocycles. The van der Waals surface area contributed by atoms with Crippen LogP contribution in [0.15, 0.2) is 17.3 Å². The molecule has 0 bridgehead atoms. The molecule has 0 saturated carbocycles. The molecule has 7 heteroatoms. The number of likely N-dealkylation sites (tertiary alicyclic amines) is 1. The van der Waals surface area contributed by atoms with Gasteiger partial charge in [-0.3, -0.25) is 4.68 Å². The van der Waals surface area contributed by atoms with Gasteiger partial charge in [0.1, 0.15) is 4.90 Å². The Bertz CT molecular complexity index is 541. The van der Waals surface area contributed by atoms with Crippen molar-refractivity contribution in [3.63, 3.8) is 0 Å². The minimum Gasteiger partial charge on any atom is -0.301 e. The van der Waals surface area contributed by atoms with E-state index in [1.807, 2.05) is 0 Å². The van der Waals surface area contributed by atoms with Gasteiger partial charge in [0.2, 0.25) is 10.0 Å². The highest BCUT2D eigenvalue weighted by atomic mass is 32.2. The maximum atomic E-state index is 12.0. The molecule has 0 radical (unpaired) electrons. The van der Waals surface area contributed by atoms with E-state index in [1.54, 1.807) is 7.05 Å². The number of rotatable bonds is 7. The zero-order valence-electron chi connectivity index (χ0n) is 13.0. The molecule has 21 heavy (non-hydrogen) atoms. The normalized spacial score (nSPS) is 20.8. The van der Waals surface area contributed by atoms with E-state index in [1.165, 1.54) is 42.9 Å². The van der Waals surface area contributed by atoms with Crippen molar-refractivity contribution in [2.24, 2.45) is 7.05 Å².